The van der Waals surface area contributed by atoms with Crippen molar-refractivity contribution in [3.05, 3.63) is 82.2 Å². The average Bonchev–Trinajstić information content (AvgIpc) is 2.93. The molecule has 0 radical (unpaired) electrons. The Hall–Kier alpha value is -3.78. The SMILES string of the molecule is O=C(NC1CC(F)(F)C1)C(CC1=C(O)C(O)NC=N1)c1ccc(C#Cc2ccc(CN3CCOCC3)cc2)cc1. The third kappa shape index (κ3) is 7.04. The number of carbonyl (C=O) groups excluding carboxylic acids is 1. The van der Waals surface area contributed by atoms with Crippen LogP contribution in [0.1, 0.15) is 47.4 Å². The Kier molecular flexibility index (Phi) is 8.45. The Balaban J connectivity index is 1.27. The second-order valence-corrected chi connectivity index (χ2v) is 10.3. The first-order chi connectivity index (χ1) is 19.3. The smallest absolute Gasteiger partial charge is 0.252 e. The lowest BCUT2D eigenvalue weighted by Gasteiger charge is -2.36. The molecule has 2 fully saturated rings. The van der Waals surface area contributed by atoms with Gasteiger partial charge in [-0.15, -0.1) is 0 Å². The number of benzene rings is 2. The largest absolute Gasteiger partial charge is 0.506 e. The van der Waals surface area contributed by atoms with Crippen LogP contribution in [0.3, 0.4) is 0 Å². The zero-order valence-electron chi connectivity index (χ0n) is 21.9. The number of morpholine rings is 1. The fraction of sp³-hybridized carbons (Fsp3) is 0.400. The molecule has 5 rings (SSSR count). The summed E-state index contributed by atoms with van der Waals surface area (Å²) in [5, 5.41) is 25.3. The summed E-state index contributed by atoms with van der Waals surface area (Å²) < 4.78 is 32.0. The standard InChI is InChI=1S/C30H32F2N4O4/c31-30(32)16-24(17-30)35-28(38)25(15-26-27(37)29(39)34-19-33-26)23-9-7-21(8-10-23)2-1-20-3-5-22(6-4-20)18-36-11-13-40-14-12-36/h3-10,19,24-25,29,37,39H,11-18H2,(H,33,34)(H,35,38). The predicted octanol–water partition coefficient (Wildman–Crippen LogP) is 3.03. The Bertz CT molecular complexity index is 1320. The third-order valence-electron chi connectivity index (χ3n) is 7.29. The number of nitrogens with zero attached hydrogens (tertiary/aromatic N) is 2. The summed E-state index contributed by atoms with van der Waals surface area (Å²) in [6.07, 6.45) is -0.897. The number of allylic oxidation sites excluding steroid dienone is 1. The van der Waals surface area contributed by atoms with Gasteiger partial charge in [0.1, 0.15) is 0 Å². The highest BCUT2D eigenvalue weighted by Gasteiger charge is 2.46. The van der Waals surface area contributed by atoms with Crippen molar-refractivity contribution in [2.24, 2.45) is 4.99 Å². The number of alkyl halides is 2. The number of hydrogen-bond donors (Lipinski definition) is 4. The summed E-state index contributed by atoms with van der Waals surface area (Å²) >= 11 is 0. The van der Waals surface area contributed by atoms with Crippen molar-refractivity contribution in [1.29, 1.82) is 0 Å². The molecule has 0 aromatic heterocycles. The lowest BCUT2D eigenvalue weighted by molar-refractivity contribution is -0.130. The van der Waals surface area contributed by atoms with Crippen molar-refractivity contribution < 1.29 is 28.5 Å². The molecule has 0 bridgehead atoms. The number of aliphatic imine (C=N–C) groups is 1. The second kappa shape index (κ2) is 12.2. The van der Waals surface area contributed by atoms with E-state index in [-0.39, 0.29) is 17.9 Å². The molecule has 40 heavy (non-hydrogen) atoms. The van der Waals surface area contributed by atoms with Gasteiger partial charge in [0.05, 0.1) is 31.2 Å². The molecule has 1 saturated heterocycles. The van der Waals surface area contributed by atoms with E-state index < -0.39 is 42.9 Å². The number of nitrogens with one attached hydrogen (secondary N) is 2. The van der Waals surface area contributed by atoms with E-state index in [4.69, 9.17) is 4.74 Å². The minimum atomic E-state index is -2.76. The molecular weight excluding hydrogens is 518 g/mol. The van der Waals surface area contributed by atoms with Gasteiger partial charge in [-0.2, -0.15) is 0 Å². The van der Waals surface area contributed by atoms with Crippen LogP contribution in [0, 0.1) is 11.8 Å². The fourth-order valence-corrected chi connectivity index (χ4v) is 4.92. The van der Waals surface area contributed by atoms with Gasteiger partial charge < -0.3 is 25.6 Å². The van der Waals surface area contributed by atoms with Crippen molar-refractivity contribution >= 4 is 12.2 Å². The zero-order chi connectivity index (χ0) is 28.1. The van der Waals surface area contributed by atoms with E-state index in [0.29, 0.717) is 5.56 Å². The minimum Gasteiger partial charge on any atom is -0.506 e. The first-order valence-corrected chi connectivity index (χ1v) is 13.3. The van der Waals surface area contributed by atoms with Gasteiger partial charge in [0, 0.05) is 56.1 Å². The average molecular weight is 551 g/mol. The van der Waals surface area contributed by atoms with E-state index in [9.17, 15) is 23.8 Å². The lowest BCUT2D eigenvalue weighted by atomic mass is 9.86. The summed E-state index contributed by atoms with van der Waals surface area (Å²) in [5.41, 5.74) is 3.61. The highest BCUT2D eigenvalue weighted by Crippen LogP contribution is 2.38. The van der Waals surface area contributed by atoms with Crippen molar-refractivity contribution in [1.82, 2.24) is 15.5 Å². The predicted molar refractivity (Wildman–Crippen MR) is 146 cm³/mol. The number of carbonyl (C=O) groups is 1. The summed E-state index contributed by atoms with van der Waals surface area (Å²) in [4.78, 5) is 19.6. The van der Waals surface area contributed by atoms with Gasteiger partial charge in [0.25, 0.3) is 5.92 Å². The van der Waals surface area contributed by atoms with Gasteiger partial charge >= 0.3 is 0 Å². The highest BCUT2D eigenvalue weighted by atomic mass is 19.3. The Labute approximate surface area is 231 Å². The Morgan fingerprint density at radius 1 is 1.10 bits per heavy atom. The topological polar surface area (TPSA) is 106 Å². The third-order valence-corrected chi connectivity index (χ3v) is 7.29. The monoisotopic (exact) mass is 550 g/mol. The van der Waals surface area contributed by atoms with Crippen LogP contribution in [0.5, 0.6) is 0 Å². The van der Waals surface area contributed by atoms with Crippen molar-refractivity contribution in [2.75, 3.05) is 26.3 Å². The molecule has 2 aliphatic heterocycles. The molecule has 10 heteroatoms. The normalized spacial score (nSPS) is 21.5. The van der Waals surface area contributed by atoms with Gasteiger partial charge in [-0.1, -0.05) is 36.1 Å². The molecule has 2 unspecified atom stereocenters. The van der Waals surface area contributed by atoms with Crippen LogP contribution in [0.2, 0.25) is 0 Å². The van der Waals surface area contributed by atoms with Gasteiger partial charge in [-0.3, -0.25) is 9.69 Å². The van der Waals surface area contributed by atoms with Crippen LogP contribution in [0.4, 0.5) is 8.78 Å². The summed E-state index contributed by atoms with van der Waals surface area (Å²) in [7, 11) is 0. The molecule has 210 valence electrons. The lowest BCUT2D eigenvalue weighted by Crippen LogP contribution is -2.51. The number of amides is 1. The van der Waals surface area contributed by atoms with Gasteiger partial charge in [-0.25, -0.2) is 13.8 Å². The first-order valence-electron chi connectivity index (χ1n) is 13.3. The van der Waals surface area contributed by atoms with E-state index in [0.717, 1.165) is 44.0 Å². The molecule has 3 aliphatic rings. The molecule has 4 N–H and O–H groups in total. The first kappa shape index (κ1) is 27.8. The second-order valence-electron chi connectivity index (χ2n) is 10.3. The van der Waals surface area contributed by atoms with Crippen LogP contribution in [-0.4, -0.2) is 71.9 Å². The number of halogens is 2. The number of hydrogen-bond acceptors (Lipinski definition) is 7. The van der Waals surface area contributed by atoms with Crippen LogP contribution in [0.15, 0.2) is 65.0 Å². The summed E-state index contributed by atoms with van der Waals surface area (Å²) in [6, 6.07) is 14.6. The van der Waals surface area contributed by atoms with E-state index in [1.807, 2.05) is 12.1 Å². The van der Waals surface area contributed by atoms with Gasteiger partial charge in [-0.05, 0) is 35.4 Å². The van der Waals surface area contributed by atoms with Crippen LogP contribution in [0.25, 0.3) is 0 Å². The summed E-state index contributed by atoms with van der Waals surface area (Å²) in [6.45, 7) is 4.28. The van der Waals surface area contributed by atoms with Crippen LogP contribution >= 0.6 is 0 Å². The molecule has 1 saturated carbocycles. The minimum absolute atomic E-state index is 0.0160. The van der Waals surface area contributed by atoms with Crippen molar-refractivity contribution in [3.63, 3.8) is 0 Å². The maximum atomic E-state index is 13.3. The molecule has 0 spiro atoms. The molecule has 2 atom stereocenters. The van der Waals surface area contributed by atoms with Gasteiger partial charge in [0.2, 0.25) is 5.91 Å². The number of aliphatic hydroxyl groups excluding tert-OH is 2. The molecule has 1 aliphatic carbocycles. The van der Waals surface area contributed by atoms with E-state index in [1.54, 1.807) is 24.3 Å². The molecule has 2 aromatic carbocycles. The fourth-order valence-electron chi connectivity index (χ4n) is 4.92. The van der Waals surface area contributed by atoms with Crippen LogP contribution < -0.4 is 10.6 Å². The highest BCUT2D eigenvalue weighted by molar-refractivity contribution is 5.84. The summed E-state index contributed by atoms with van der Waals surface area (Å²) in [5.74, 6) is 1.90. The number of aliphatic hydroxyl groups is 2. The molecule has 2 aromatic rings. The maximum Gasteiger partial charge on any atom is 0.252 e. The number of rotatable bonds is 7. The Morgan fingerprint density at radius 3 is 2.35 bits per heavy atom. The molecule has 8 nitrogen and oxygen atoms in total. The molecule has 1 amide bonds. The van der Waals surface area contributed by atoms with Gasteiger partial charge in [0.15, 0.2) is 12.0 Å². The van der Waals surface area contributed by atoms with Crippen LogP contribution in [-0.2, 0) is 16.1 Å². The zero-order valence-corrected chi connectivity index (χ0v) is 21.9. The van der Waals surface area contributed by atoms with E-state index in [2.05, 4.69) is 44.5 Å². The van der Waals surface area contributed by atoms with Crippen molar-refractivity contribution in [2.45, 2.75) is 49.9 Å². The van der Waals surface area contributed by atoms with E-state index in [1.165, 1.54) is 11.9 Å². The maximum absolute atomic E-state index is 13.3. The van der Waals surface area contributed by atoms with Crippen molar-refractivity contribution in [3.8, 4) is 11.8 Å². The quantitative estimate of drug-likeness (QED) is 0.395. The Morgan fingerprint density at radius 2 is 1.73 bits per heavy atom. The molecule has 2 heterocycles. The molecular formula is C30H32F2N4O4. The number of ether oxygens (including phenoxy) is 1. The van der Waals surface area contributed by atoms with E-state index >= 15 is 0 Å².